The molecule has 8 nitrogen and oxygen atoms in total. The van der Waals surface area contributed by atoms with Crippen LogP contribution in [0, 0.1) is 5.41 Å². The van der Waals surface area contributed by atoms with E-state index in [4.69, 9.17) is 28.8 Å². The Labute approximate surface area is 118 Å². The van der Waals surface area contributed by atoms with Crippen LogP contribution < -0.4 is 10.8 Å². The highest BCUT2D eigenvalue weighted by Gasteiger charge is 2.44. The predicted molar refractivity (Wildman–Crippen MR) is 69.6 cm³/mol. The number of aliphatic carboxylic acids is 2. The Morgan fingerprint density at radius 1 is 1.25 bits per heavy atom. The number of carboxylic acids is 2. The lowest BCUT2D eigenvalue weighted by Gasteiger charge is -2.29. The molecule has 0 aromatic heterocycles. The van der Waals surface area contributed by atoms with E-state index in [0.29, 0.717) is 13.2 Å². The van der Waals surface area contributed by atoms with E-state index < -0.39 is 19.5 Å². The monoisotopic (exact) mass is 313 g/mol. The summed E-state index contributed by atoms with van der Waals surface area (Å²) in [6.45, 7) is 10.3. The zero-order chi connectivity index (χ0) is 16.6. The Bertz CT molecular complexity index is 342. The number of quaternary nitrogens is 1. The normalized spacial score (nSPS) is 13.1. The van der Waals surface area contributed by atoms with Crippen LogP contribution in [-0.2, 0) is 23.2 Å². The SMILES string of the molecule is CCOP(=O)(OCC)C([NH3+])C(C)(C)C.O=C([O-])C(=O)O. The third-order valence-electron chi connectivity index (χ3n) is 2.17. The zero-order valence-corrected chi connectivity index (χ0v) is 13.4. The van der Waals surface area contributed by atoms with Crippen LogP contribution >= 0.6 is 7.60 Å². The van der Waals surface area contributed by atoms with Gasteiger partial charge >= 0.3 is 13.6 Å². The topological polar surface area (TPSA) is 141 Å². The summed E-state index contributed by atoms with van der Waals surface area (Å²) < 4.78 is 22.7. The Kier molecular flexibility index (Phi) is 9.68. The quantitative estimate of drug-likeness (QED) is 0.523. The van der Waals surface area contributed by atoms with Gasteiger partial charge < -0.3 is 29.8 Å². The molecule has 9 heteroatoms. The summed E-state index contributed by atoms with van der Waals surface area (Å²) in [4.78, 5) is 18.0. The summed E-state index contributed by atoms with van der Waals surface area (Å²) in [6, 6.07) is 0. The Morgan fingerprint density at radius 2 is 1.55 bits per heavy atom. The lowest BCUT2D eigenvalue weighted by molar-refractivity contribution is -0.416. The minimum atomic E-state index is -3.04. The molecule has 1 unspecified atom stereocenters. The summed E-state index contributed by atoms with van der Waals surface area (Å²) in [6.07, 6.45) is 0. The van der Waals surface area contributed by atoms with E-state index in [9.17, 15) is 4.57 Å². The third-order valence-corrected chi connectivity index (χ3v) is 4.95. The van der Waals surface area contributed by atoms with Gasteiger partial charge in [0.2, 0.25) is 0 Å². The van der Waals surface area contributed by atoms with Gasteiger partial charge in [0.25, 0.3) is 0 Å². The molecule has 120 valence electrons. The van der Waals surface area contributed by atoms with Gasteiger partial charge in [-0.05, 0) is 13.8 Å². The second kappa shape index (κ2) is 9.07. The zero-order valence-electron chi connectivity index (χ0n) is 12.5. The average Bonchev–Trinajstić information content (AvgIpc) is 2.28. The fourth-order valence-corrected chi connectivity index (χ4v) is 3.15. The highest BCUT2D eigenvalue weighted by Crippen LogP contribution is 2.55. The van der Waals surface area contributed by atoms with Crippen LogP contribution in [0.5, 0.6) is 0 Å². The third kappa shape index (κ3) is 8.27. The standard InChI is InChI=1S/C9H22NO3P.C2H2O4/c1-6-12-14(11,13-7-2)8(10)9(3,4)5;3-1(4)2(5)6/h8H,6-7,10H2,1-5H3;(H,3,4)(H,5,6). The average molecular weight is 313 g/mol. The molecule has 0 heterocycles. The van der Waals surface area contributed by atoms with Crippen LogP contribution in [0.3, 0.4) is 0 Å². The number of rotatable bonds is 5. The van der Waals surface area contributed by atoms with Gasteiger partial charge in [-0.2, -0.15) is 0 Å². The highest BCUT2D eigenvalue weighted by molar-refractivity contribution is 7.54. The molecule has 0 amide bonds. The summed E-state index contributed by atoms with van der Waals surface area (Å²) in [5.41, 5.74) is 3.72. The molecule has 0 fully saturated rings. The molecule has 0 rings (SSSR count). The second-order valence-corrected chi connectivity index (χ2v) is 7.07. The minimum Gasteiger partial charge on any atom is -0.539 e. The molecule has 0 aliphatic rings. The van der Waals surface area contributed by atoms with Crippen LogP contribution in [0.1, 0.15) is 34.6 Å². The van der Waals surface area contributed by atoms with Gasteiger partial charge in [0.1, 0.15) is 0 Å². The van der Waals surface area contributed by atoms with E-state index in [-0.39, 0.29) is 11.2 Å². The van der Waals surface area contributed by atoms with Crippen molar-refractivity contribution < 1.29 is 39.1 Å². The summed E-state index contributed by atoms with van der Waals surface area (Å²) in [5, 5.41) is 16.3. The van der Waals surface area contributed by atoms with Crippen LogP contribution in [0.15, 0.2) is 0 Å². The van der Waals surface area contributed by atoms with Crippen molar-refractivity contribution in [2.45, 2.75) is 40.4 Å². The molecule has 0 saturated heterocycles. The molecule has 0 aromatic carbocycles. The lowest BCUT2D eigenvalue weighted by atomic mass is 9.97. The molecule has 0 aromatic rings. The number of hydrogen-bond donors (Lipinski definition) is 2. The number of carbonyl (C=O) groups is 2. The Morgan fingerprint density at radius 3 is 1.70 bits per heavy atom. The molecule has 4 N–H and O–H groups in total. The van der Waals surface area contributed by atoms with Crippen molar-refractivity contribution in [3.8, 4) is 0 Å². The molecule has 0 bridgehead atoms. The van der Waals surface area contributed by atoms with Crippen molar-refractivity contribution in [1.29, 1.82) is 0 Å². The molecule has 0 aliphatic carbocycles. The molecular weight excluding hydrogens is 289 g/mol. The van der Waals surface area contributed by atoms with Gasteiger partial charge in [0.15, 0.2) is 11.8 Å². The van der Waals surface area contributed by atoms with Crippen molar-refractivity contribution in [2.24, 2.45) is 5.41 Å². The number of carboxylic acid groups (broad SMARTS) is 2. The van der Waals surface area contributed by atoms with Gasteiger partial charge in [-0.1, -0.05) is 20.8 Å². The summed E-state index contributed by atoms with van der Waals surface area (Å²) >= 11 is 0. The van der Waals surface area contributed by atoms with Crippen LogP contribution in [0.4, 0.5) is 0 Å². The van der Waals surface area contributed by atoms with Crippen molar-refractivity contribution in [1.82, 2.24) is 0 Å². The first-order valence-corrected chi connectivity index (χ1v) is 7.69. The summed E-state index contributed by atoms with van der Waals surface area (Å²) in [7, 11) is -3.04. The molecule has 1 atom stereocenters. The van der Waals surface area contributed by atoms with E-state index >= 15 is 0 Å². The van der Waals surface area contributed by atoms with Gasteiger partial charge in [-0.3, -0.25) is 4.57 Å². The largest absolute Gasteiger partial charge is 0.539 e. The molecule has 20 heavy (non-hydrogen) atoms. The van der Waals surface area contributed by atoms with Crippen molar-refractivity contribution in [2.75, 3.05) is 13.2 Å². The van der Waals surface area contributed by atoms with Crippen molar-refractivity contribution >= 4 is 19.5 Å². The van der Waals surface area contributed by atoms with E-state index in [1.54, 1.807) is 13.8 Å². The van der Waals surface area contributed by atoms with Gasteiger partial charge in [-0.15, -0.1) is 0 Å². The van der Waals surface area contributed by atoms with E-state index in [0.717, 1.165) is 0 Å². The van der Waals surface area contributed by atoms with Crippen LogP contribution in [0.2, 0.25) is 0 Å². The molecule has 0 spiro atoms. The van der Waals surface area contributed by atoms with E-state index in [1.165, 1.54) is 0 Å². The van der Waals surface area contributed by atoms with Gasteiger partial charge in [-0.25, -0.2) is 4.79 Å². The maximum Gasteiger partial charge on any atom is 0.387 e. The maximum atomic E-state index is 12.3. The minimum absolute atomic E-state index is 0.181. The fraction of sp³-hybridized carbons (Fsp3) is 0.818. The maximum absolute atomic E-state index is 12.3. The van der Waals surface area contributed by atoms with E-state index in [1.807, 2.05) is 20.8 Å². The molecule has 0 saturated carbocycles. The lowest BCUT2D eigenvalue weighted by Crippen LogP contribution is -2.66. The van der Waals surface area contributed by atoms with Crippen molar-refractivity contribution in [3.63, 3.8) is 0 Å². The second-order valence-electron chi connectivity index (χ2n) is 4.85. The fourth-order valence-electron chi connectivity index (χ4n) is 1.05. The van der Waals surface area contributed by atoms with Crippen LogP contribution in [-0.4, -0.2) is 36.0 Å². The number of hydrogen-bond acceptors (Lipinski definition) is 6. The first kappa shape index (κ1) is 21.4. The number of carbonyl (C=O) groups excluding carboxylic acids is 1. The summed E-state index contributed by atoms with van der Waals surface area (Å²) in [5.74, 6) is -4.35. The Balaban J connectivity index is 0. The van der Waals surface area contributed by atoms with E-state index in [2.05, 4.69) is 5.73 Å². The van der Waals surface area contributed by atoms with Crippen molar-refractivity contribution in [3.05, 3.63) is 0 Å². The molecular formula is C11H24NO7P. The van der Waals surface area contributed by atoms with Gasteiger partial charge in [0.05, 0.1) is 13.2 Å². The van der Waals surface area contributed by atoms with Crippen LogP contribution in [0.25, 0.3) is 0 Å². The Hall–Kier alpha value is -0.950. The predicted octanol–water partition coefficient (Wildman–Crippen LogP) is -0.312. The molecule has 0 aliphatic heterocycles. The van der Waals surface area contributed by atoms with Gasteiger partial charge in [0, 0.05) is 5.41 Å². The smallest absolute Gasteiger partial charge is 0.387 e. The highest BCUT2D eigenvalue weighted by atomic mass is 31.2. The molecule has 0 radical (unpaired) electrons. The first-order valence-electron chi connectivity index (χ1n) is 6.08. The first-order chi connectivity index (χ1) is 8.92.